The number of rotatable bonds is 7. The van der Waals surface area contributed by atoms with Gasteiger partial charge in [0.25, 0.3) is 0 Å². The molecule has 4 heteroatoms. The molecular weight excluding hydrogens is 248 g/mol. The topological polar surface area (TPSA) is 18.5 Å². The summed E-state index contributed by atoms with van der Waals surface area (Å²) in [5.41, 5.74) is 0. The largest absolute Gasteiger partial charge is 0.494 e. The average Bonchev–Trinajstić information content (AvgIpc) is 2.35. The molecule has 0 radical (unpaired) electrons. The van der Waals surface area contributed by atoms with Crippen molar-refractivity contribution in [3.8, 4) is 5.75 Å². The maximum atomic E-state index is 5.70. The highest BCUT2D eigenvalue weighted by Gasteiger charge is 2.19. The molecular formula is C13H22O2SSi. The Balaban J connectivity index is 2.26. The Hall–Kier alpha value is -0.453. The Morgan fingerprint density at radius 1 is 1.18 bits per heavy atom. The van der Waals surface area contributed by atoms with Gasteiger partial charge in [-0.05, 0) is 56.1 Å². The number of thioether (sulfide) groups is 1. The first kappa shape index (κ1) is 14.6. The van der Waals surface area contributed by atoms with E-state index in [9.17, 15) is 0 Å². The molecule has 2 nitrogen and oxygen atoms in total. The van der Waals surface area contributed by atoms with Crippen LogP contribution in [-0.4, -0.2) is 28.3 Å². The van der Waals surface area contributed by atoms with E-state index in [0.717, 1.165) is 24.8 Å². The van der Waals surface area contributed by atoms with Crippen molar-refractivity contribution in [1.29, 1.82) is 0 Å². The van der Waals surface area contributed by atoms with Gasteiger partial charge in [-0.3, -0.25) is 0 Å². The molecule has 0 fully saturated rings. The third-order valence-corrected chi connectivity index (χ3v) is 6.21. The molecule has 96 valence electrons. The first-order valence-corrected chi connectivity index (χ1v) is 10.2. The van der Waals surface area contributed by atoms with Gasteiger partial charge >= 0.3 is 0 Å². The molecule has 1 rings (SSSR count). The summed E-state index contributed by atoms with van der Waals surface area (Å²) in [6.45, 7) is 5.25. The first-order valence-electron chi connectivity index (χ1n) is 5.89. The lowest BCUT2D eigenvalue weighted by atomic mass is 10.3. The van der Waals surface area contributed by atoms with Crippen LogP contribution in [0.5, 0.6) is 5.75 Å². The van der Waals surface area contributed by atoms with Crippen molar-refractivity contribution in [2.24, 2.45) is 0 Å². The van der Waals surface area contributed by atoms with Gasteiger partial charge in [-0.1, -0.05) is 0 Å². The summed E-state index contributed by atoms with van der Waals surface area (Å²) in [7, 11) is 0.400. The minimum Gasteiger partial charge on any atom is -0.494 e. The SMILES string of the molecule is CO[Si](C)(C)CCCOc1ccc(SC)cc1. The molecule has 0 spiro atoms. The minimum absolute atomic E-state index is 0.776. The van der Waals surface area contributed by atoms with Crippen molar-refractivity contribution in [1.82, 2.24) is 0 Å². The van der Waals surface area contributed by atoms with Crippen LogP contribution >= 0.6 is 11.8 Å². The van der Waals surface area contributed by atoms with Crippen LogP contribution in [0.25, 0.3) is 0 Å². The summed E-state index contributed by atoms with van der Waals surface area (Å²) in [5, 5.41) is 0. The van der Waals surface area contributed by atoms with Gasteiger partial charge in [0.05, 0.1) is 6.61 Å². The molecule has 0 heterocycles. The molecule has 0 aliphatic rings. The minimum atomic E-state index is -1.41. The molecule has 0 saturated carbocycles. The zero-order valence-electron chi connectivity index (χ0n) is 11.2. The van der Waals surface area contributed by atoms with E-state index in [0.29, 0.717) is 0 Å². The smallest absolute Gasteiger partial charge is 0.186 e. The predicted molar refractivity (Wildman–Crippen MR) is 77.6 cm³/mol. The van der Waals surface area contributed by atoms with Crippen molar-refractivity contribution in [3.05, 3.63) is 24.3 Å². The van der Waals surface area contributed by atoms with Gasteiger partial charge in [-0.15, -0.1) is 11.8 Å². The van der Waals surface area contributed by atoms with Crippen LogP contribution in [0.3, 0.4) is 0 Å². The van der Waals surface area contributed by atoms with E-state index in [1.807, 2.05) is 19.2 Å². The summed E-state index contributed by atoms with van der Waals surface area (Å²) >= 11 is 1.75. The summed E-state index contributed by atoms with van der Waals surface area (Å²) in [4.78, 5) is 1.27. The molecule has 0 aromatic heterocycles. The highest BCUT2D eigenvalue weighted by atomic mass is 32.2. The number of benzene rings is 1. The lowest BCUT2D eigenvalue weighted by molar-refractivity contribution is 0.311. The number of hydrogen-bond donors (Lipinski definition) is 0. The van der Waals surface area contributed by atoms with Gasteiger partial charge < -0.3 is 9.16 Å². The summed E-state index contributed by atoms with van der Waals surface area (Å²) in [5.74, 6) is 0.958. The molecule has 1 aromatic rings. The normalized spacial score (nSPS) is 11.5. The Morgan fingerprint density at radius 2 is 1.82 bits per heavy atom. The zero-order valence-corrected chi connectivity index (χ0v) is 13.0. The predicted octanol–water partition coefficient (Wildman–Crippen LogP) is 4.03. The Labute approximate surface area is 110 Å². The molecule has 0 saturated heterocycles. The average molecular weight is 270 g/mol. The van der Waals surface area contributed by atoms with Crippen LogP contribution in [0, 0.1) is 0 Å². The fourth-order valence-electron chi connectivity index (χ4n) is 1.46. The Bertz CT molecular complexity index is 325. The van der Waals surface area contributed by atoms with E-state index in [1.54, 1.807) is 11.8 Å². The molecule has 0 N–H and O–H groups in total. The van der Waals surface area contributed by atoms with Gasteiger partial charge in [0.15, 0.2) is 8.32 Å². The van der Waals surface area contributed by atoms with E-state index < -0.39 is 8.32 Å². The Morgan fingerprint density at radius 3 is 2.35 bits per heavy atom. The van der Waals surface area contributed by atoms with Gasteiger partial charge in [0.1, 0.15) is 5.75 Å². The lowest BCUT2D eigenvalue weighted by Gasteiger charge is -2.19. The molecule has 0 atom stereocenters. The van der Waals surface area contributed by atoms with E-state index in [1.165, 1.54) is 4.90 Å². The maximum Gasteiger partial charge on any atom is 0.186 e. The van der Waals surface area contributed by atoms with E-state index in [2.05, 4.69) is 31.5 Å². The summed E-state index contributed by atoms with van der Waals surface area (Å²) in [6, 6.07) is 9.39. The fourth-order valence-corrected chi connectivity index (χ4v) is 3.07. The van der Waals surface area contributed by atoms with Crippen LogP contribution < -0.4 is 4.74 Å². The molecule has 0 amide bonds. The molecule has 0 unspecified atom stereocenters. The van der Waals surface area contributed by atoms with Crippen molar-refractivity contribution < 1.29 is 9.16 Å². The standard InChI is InChI=1S/C13H22O2SSi/c1-14-17(3,4)11-5-10-15-12-6-8-13(16-2)9-7-12/h6-9H,5,10-11H2,1-4H3. The van der Waals surface area contributed by atoms with Crippen LogP contribution in [0.2, 0.25) is 19.1 Å². The van der Waals surface area contributed by atoms with E-state index in [4.69, 9.17) is 9.16 Å². The summed E-state index contributed by atoms with van der Waals surface area (Å²) < 4.78 is 11.2. The van der Waals surface area contributed by atoms with Crippen LogP contribution in [0.4, 0.5) is 0 Å². The third-order valence-electron chi connectivity index (χ3n) is 2.80. The van der Waals surface area contributed by atoms with Crippen LogP contribution in [0.1, 0.15) is 6.42 Å². The second kappa shape index (κ2) is 7.09. The van der Waals surface area contributed by atoms with Crippen molar-refractivity contribution in [2.45, 2.75) is 30.5 Å². The zero-order chi connectivity index (χ0) is 12.7. The number of hydrogen-bond acceptors (Lipinski definition) is 3. The maximum absolute atomic E-state index is 5.70. The van der Waals surface area contributed by atoms with Crippen molar-refractivity contribution >= 4 is 20.1 Å². The van der Waals surface area contributed by atoms with Crippen molar-refractivity contribution in [3.63, 3.8) is 0 Å². The second-order valence-electron chi connectivity index (χ2n) is 4.59. The highest BCUT2D eigenvalue weighted by Crippen LogP contribution is 2.19. The van der Waals surface area contributed by atoms with Gasteiger partial charge in [0.2, 0.25) is 0 Å². The van der Waals surface area contributed by atoms with Crippen LogP contribution in [-0.2, 0) is 4.43 Å². The molecule has 17 heavy (non-hydrogen) atoms. The van der Waals surface area contributed by atoms with Crippen molar-refractivity contribution in [2.75, 3.05) is 20.0 Å². The quantitative estimate of drug-likeness (QED) is 0.423. The monoisotopic (exact) mass is 270 g/mol. The van der Waals surface area contributed by atoms with Gasteiger partial charge in [-0.25, -0.2) is 0 Å². The lowest BCUT2D eigenvalue weighted by Crippen LogP contribution is -2.28. The van der Waals surface area contributed by atoms with Crippen LogP contribution in [0.15, 0.2) is 29.2 Å². The highest BCUT2D eigenvalue weighted by molar-refractivity contribution is 7.98. The number of ether oxygens (including phenoxy) is 1. The third kappa shape index (κ3) is 5.61. The summed E-state index contributed by atoms with van der Waals surface area (Å²) in [6.07, 6.45) is 3.14. The molecule has 0 bridgehead atoms. The first-order chi connectivity index (χ1) is 8.07. The van der Waals surface area contributed by atoms with Gasteiger partial charge in [0, 0.05) is 12.0 Å². The molecule has 0 aliphatic carbocycles. The van der Waals surface area contributed by atoms with E-state index in [-0.39, 0.29) is 0 Å². The second-order valence-corrected chi connectivity index (χ2v) is 9.90. The molecule has 0 aliphatic heterocycles. The van der Waals surface area contributed by atoms with E-state index >= 15 is 0 Å². The fraction of sp³-hybridized carbons (Fsp3) is 0.538. The van der Waals surface area contributed by atoms with Gasteiger partial charge in [-0.2, -0.15) is 0 Å². The molecule has 1 aromatic carbocycles. The Kier molecular flexibility index (Phi) is 6.09.